The molecule has 0 spiro atoms. The Balaban J connectivity index is 2.08. The molecule has 1 aromatic rings. The molecule has 146 valence electrons. The van der Waals surface area contributed by atoms with Gasteiger partial charge in [-0.05, 0) is 44.9 Å². The second kappa shape index (κ2) is 8.28. The van der Waals surface area contributed by atoms with Gasteiger partial charge in [0.2, 0.25) is 0 Å². The number of hydrogen-bond acceptors (Lipinski definition) is 5. The fourth-order valence-electron chi connectivity index (χ4n) is 2.98. The summed E-state index contributed by atoms with van der Waals surface area (Å²) >= 11 is 0. The van der Waals surface area contributed by atoms with E-state index >= 15 is 0 Å². The third kappa shape index (κ3) is 5.62. The molecule has 1 amide bonds. The standard InChI is InChI=1S/C18H27F2N3O3/c1-18(2,3)26-17(25)23-5-4-22-10-15(23)16(24)14(21)8-11-6-12(19)9-13(20)7-11/h6-7,9,14-16,22,24H,4-5,8,10,21H2,1-3H3/t14-,15-,16-/m1/s1. The summed E-state index contributed by atoms with van der Waals surface area (Å²) < 4.78 is 32.1. The zero-order chi connectivity index (χ0) is 19.5. The fourth-order valence-corrected chi connectivity index (χ4v) is 2.98. The first-order chi connectivity index (χ1) is 12.1. The fraction of sp³-hybridized carbons (Fsp3) is 0.611. The van der Waals surface area contributed by atoms with Crippen LogP contribution in [0.4, 0.5) is 13.6 Å². The summed E-state index contributed by atoms with van der Waals surface area (Å²) in [7, 11) is 0. The van der Waals surface area contributed by atoms with Gasteiger partial charge in [0, 0.05) is 31.7 Å². The molecule has 1 saturated heterocycles. The molecule has 1 aromatic carbocycles. The van der Waals surface area contributed by atoms with Crippen LogP contribution < -0.4 is 11.1 Å². The van der Waals surface area contributed by atoms with Gasteiger partial charge in [0.1, 0.15) is 17.2 Å². The minimum absolute atomic E-state index is 0.0779. The third-order valence-corrected chi connectivity index (χ3v) is 4.14. The van der Waals surface area contributed by atoms with Crippen LogP contribution in [0.15, 0.2) is 18.2 Å². The van der Waals surface area contributed by atoms with Gasteiger partial charge in [-0.25, -0.2) is 13.6 Å². The van der Waals surface area contributed by atoms with Crippen LogP contribution in [-0.2, 0) is 11.2 Å². The number of rotatable bonds is 4. The van der Waals surface area contributed by atoms with E-state index < -0.39 is 41.5 Å². The molecule has 1 heterocycles. The number of nitrogens with one attached hydrogen (secondary N) is 1. The van der Waals surface area contributed by atoms with E-state index in [0.29, 0.717) is 25.2 Å². The van der Waals surface area contributed by atoms with Crippen LogP contribution in [0.5, 0.6) is 0 Å². The van der Waals surface area contributed by atoms with E-state index in [9.17, 15) is 18.7 Å². The Hall–Kier alpha value is -1.77. The lowest BCUT2D eigenvalue weighted by Gasteiger charge is -2.40. The van der Waals surface area contributed by atoms with Gasteiger partial charge in [-0.2, -0.15) is 0 Å². The Bertz CT molecular complexity index is 616. The molecule has 0 bridgehead atoms. The molecule has 0 saturated carbocycles. The first kappa shape index (κ1) is 20.5. The maximum absolute atomic E-state index is 13.3. The summed E-state index contributed by atoms with van der Waals surface area (Å²) in [6, 6.07) is 1.75. The number of amides is 1. The Morgan fingerprint density at radius 1 is 1.38 bits per heavy atom. The van der Waals surface area contributed by atoms with Gasteiger partial charge >= 0.3 is 6.09 Å². The lowest BCUT2D eigenvalue weighted by molar-refractivity contribution is -0.0174. The third-order valence-electron chi connectivity index (χ3n) is 4.14. The van der Waals surface area contributed by atoms with Crippen LogP contribution in [0.1, 0.15) is 26.3 Å². The summed E-state index contributed by atoms with van der Waals surface area (Å²) in [6.07, 6.45) is -1.53. The number of halogens is 2. The molecule has 1 fully saturated rings. The van der Waals surface area contributed by atoms with Crippen LogP contribution in [0.25, 0.3) is 0 Å². The number of nitrogens with two attached hydrogens (primary N) is 1. The zero-order valence-corrected chi connectivity index (χ0v) is 15.3. The van der Waals surface area contributed by atoms with Crippen molar-refractivity contribution < 1.29 is 23.4 Å². The predicted molar refractivity (Wildman–Crippen MR) is 93.6 cm³/mol. The number of nitrogens with zero attached hydrogens (tertiary/aromatic N) is 1. The van der Waals surface area contributed by atoms with E-state index in [4.69, 9.17) is 10.5 Å². The van der Waals surface area contributed by atoms with E-state index in [-0.39, 0.29) is 6.42 Å². The van der Waals surface area contributed by atoms with Crippen molar-refractivity contribution in [2.24, 2.45) is 5.73 Å². The summed E-state index contributed by atoms with van der Waals surface area (Å²) in [5.41, 5.74) is 5.76. The van der Waals surface area contributed by atoms with Gasteiger partial charge in [0.15, 0.2) is 0 Å². The average Bonchev–Trinajstić information content (AvgIpc) is 2.51. The number of aliphatic hydroxyl groups is 1. The van der Waals surface area contributed by atoms with Gasteiger partial charge in [-0.3, -0.25) is 4.90 Å². The Morgan fingerprint density at radius 2 is 2.00 bits per heavy atom. The maximum atomic E-state index is 13.3. The highest BCUT2D eigenvalue weighted by Gasteiger charge is 2.37. The molecule has 1 aliphatic heterocycles. The molecular formula is C18H27F2N3O3. The van der Waals surface area contributed by atoms with Crippen molar-refractivity contribution >= 4 is 6.09 Å². The van der Waals surface area contributed by atoms with Crippen molar-refractivity contribution in [3.63, 3.8) is 0 Å². The minimum Gasteiger partial charge on any atom is -0.444 e. The van der Waals surface area contributed by atoms with Crippen LogP contribution in [0.2, 0.25) is 0 Å². The first-order valence-corrected chi connectivity index (χ1v) is 8.66. The quantitative estimate of drug-likeness (QED) is 0.745. The van der Waals surface area contributed by atoms with Gasteiger partial charge in [-0.15, -0.1) is 0 Å². The summed E-state index contributed by atoms with van der Waals surface area (Å²) in [6.45, 7) is 6.60. The number of aliphatic hydroxyl groups excluding tert-OH is 1. The Morgan fingerprint density at radius 3 is 2.58 bits per heavy atom. The molecular weight excluding hydrogens is 344 g/mol. The molecule has 8 heteroatoms. The molecule has 6 nitrogen and oxygen atoms in total. The highest BCUT2D eigenvalue weighted by atomic mass is 19.1. The van der Waals surface area contributed by atoms with Gasteiger partial charge in [-0.1, -0.05) is 0 Å². The zero-order valence-electron chi connectivity index (χ0n) is 15.3. The van der Waals surface area contributed by atoms with Gasteiger partial charge < -0.3 is 20.9 Å². The van der Waals surface area contributed by atoms with E-state index in [2.05, 4.69) is 5.32 Å². The molecule has 2 rings (SSSR count). The van der Waals surface area contributed by atoms with Crippen molar-refractivity contribution in [1.82, 2.24) is 10.2 Å². The SMILES string of the molecule is CC(C)(C)OC(=O)N1CCNC[C@@H]1[C@H](O)[C@H](N)Cc1cc(F)cc(F)c1. The average molecular weight is 371 g/mol. The van der Waals surface area contributed by atoms with E-state index in [1.165, 1.54) is 17.0 Å². The second-order valence-corrected chi connectivity index (χ2v) is 7.58. The summed E-state index contributed by atoms with van der Waals surface area (Å²) in [5, 5.41) is 13.8. The normalized spacial score (nSPS) is 20.6. The number of carbonyl (C=O) groups is 1. The Labute approximate surface area is 152 Å². The summed E-state index contributed by atoms with van der Waals surface area (Å²) in [4.78, 5) is 13.9. The molecule has 1 aliphatic rings. The van der Waals surface area contributed by atoms with Crippen molar-refractivity contribution in [2.75, 3.05) is 19.6 Å². The van der Waals surface area contributed by atoms with Gasteiger partial charge in [0.05, 0.1) is 12.1 Å². The number of piperazine rings is 1. The van der Waals surface area contributed by atoms with Crippen molar-refractivity contribution in [3.05, 3.63) is 35.4 Å². The van der Waals surface area contributed by atoms with Crippen LogP contribution in [-0.4, -0.2) is 59.5 Å². The number of benzene rings is 1. The highest BCUT2D eigenvalue weighted by Crippen LogP contribution is 2.18. The van der Waals surface area contributed by atoms with Crippen LogP contribution in [0.3, 0.4) is 0 Å². The topological polar surface area (TPSA) is 87.8 Å². The molecule has 0 aromatic heterocycles. The lowest BCUT2D eigenvalue weighted by Crippen LogP contribution is -2.62. The first-order valence-electron chi connectivity index (χ1n) is 8.66. The van der Waals surface area contributed by atoms with Crippen LogP contribution >= 0.6 is 0 Å². The second-order valence-electron chi connectivity index (χ2n) is 7.58. The smallest absolute Gasteiger partial charge is 0.410 e. The molecule has 4 N–H and O–H groups in total. The van der Waals surface area contributed by atoms with Gasteiger partial charge in [0.25, 0.3) is 0 Å². The van der Waals surface area contributed by atoms with Crippen molar-refractivity contribution in [2.45, 2.75) is 51.0 Å². The predicted octanol–water partition coefficient (Wildman–Crippen LogP) is 1.40. The summed E-state index contributed by atoms with van der Waals surface area (Å²) in [5.74, 6) is -1.40. The van der Waals surface area contributed by atoms with Crippen molar-refractivity contribution in [3.8, 4) is 0 Å². The maximum Gasteiger partial charge on any atom is 0.410 e. The number of hydrogen-bond donors (Lipinski definition) is 3. The van der Waals surface area contributed by atoms with E-state index in [0.717, 1.165) is 6.07 Å². The Kier molecular flexibility index (Phi) is 6.54. The molecule has 0 aliphatic carbocycles. The van der Waals surface area contributed by atoms with E-state index in [1.807, 2.05) is 0 Å². The van der Waals surface area contributed by atoms with Crippen molar-refractivity contribution in [1.29, 1.82) is 0 Å². The lowest BCUT2D eigenvalue weighted by atomic mass is 9.95. The number of ether oxygens (including phenoxy) is 1. The molecule has 26 heavy (non-hydrogen) atoms. The van der Waals surface area contributed by atoms with Crippen LogP contribution in [0, 0.1) is 11.6 Å². The largest absolute Gasteiger partial charge is 0.444 e. The molecule has 0 unspecified atom stereocenters. The van der Waals surface area contributed by atoms with E-state index in [1.54, 1.807) is 20.8 Å². The monoisotopic (exact) mass is 371 g/mol. The molecule has 3 atom stereocenters. The number of carbonyl (C=O) groups excluding carboxylic acids is 1. The minimum atomic E-state index is -1.08. The molecule has 0 radical (unpaired) electrons. The highest BCUT2D eigenvalue weighted by molar-refractivity contribution is 5.69.